The van der Waals surface area contributed by atoms with Gasteiger partial charge in [-0.3, -0.25) is 9.89 Å². The van der Waals surface area contributed by atoms with Crippen LogP contribution in [-0.2, 0) is 6.54 Å². The second-order valence-electron chi connectivity index (χ2n) is 6.83. The Kier molecular flexibility index (Phi) is 7.16. The van der Waals surface area contributed by atoms with E-state index in [1.54, 1.807) is 7.11 Å². The van der Waals surface area contributed by atoms with Gasteiger partial charge in [0.25, 0.3) is 0 Å². The largest absolute Gasteiger partial charge is 0.497 e. The average Bonchev–Trinajstić information content (AvgIpc) is 3.41. The Morgan fingerprint density at radius 1 is 1.11 bits per heavy atom. The second kappa shape index (κ2) is 10.0. The molecule has 146 valence electrons. The molecule has 1 unspecified atom stereocenters. The molecule has 0 spiro atoms. The summed E-state index contributed by atoms with van der Waals surface area (Å²) in [5.74, 6) is 1.74. The maximum absolute atomic E-state index is 5.30. The maximum atomic E-state index is 5.30. The summed E-state index contributed by atoms with van der Waals surface area (Å²) in [7, 11) is 3.53. The van der Waals surface area contributed by atoms with Crippen LogP contribution in [0, 0.1) is 0 Å². The lowest BCUT2D eigenvalue weighted by atomic mass is 10.1. The highest BCUT2D eigenvalue weighted by atomic mass is 16.5. The number of hydrogen-bond acceptors (Lipinski definition) is 3. The van der Waals surface area contributed by atoms with E-state index in [1.165, 1.54) is 18.4 Å². The van der Waals surface area contributed by atoms with Crippen LogP contribution in [0.1, 0.15) is 24.4 Å². The van der Waals surface area contributed by atoms with Gasteiger partial charge < -0.3 is 19.9 Å². The van der Waals surface area contributed by atoms with Gasteiger partial charge in [0.15, 0.2) is 5.96 Å². The van der Waals surface area contributed by atoms with E-state index in [1.807, 2.05) is 31.3 Å². The zero-order valence-corrected chi connectivity index (χ0v) is 16.4. The topological polar surface area (TPSA) is 53.8 Å². The number of methoxy groups -OCH3 is 1. The molecule has 6 nitrogen and oxygen atoms in total. The summed E-state index contributed by atoms with van der Waals surface area (Å²) in [5, 5.41) is 6.91. The Bertz CT molecular complexity index is 690. The molecule has 1 aromatic carbocycles. The molecule has 6 heteroatoms. The van der Waals surface area contributed by atoms with Crippen molar-refractivity contribution >= 4 is 5.96 Å². The van der Waals surface area contributed by atoms with Crippen molar-refractivity contribution in [3.8, 4) is 5.75 Å². The molecule has 1 saturated heterocycles. The molecule has 1 aliphatic heterocycles. The van der Waals surface area contributed by atoms with Crippen molar-refractivity contribution in [2.45, 2.75) is 25.4 Å². The number of guanidine groups is 1. The number of aliphatic imine (C=N–C) groups is 1. The second-order valence-corrected chi connectivity index (χ2v) is 6.83. The molecule has 1 aromatic heterocycles. The van der Waals surface area contributed by atoms with Crippen molar-refractivity contribution in [2.75, 3.05) is 40.3 Å². The predicted molar refractivity (Wildman–Crippen MR) is 110 cm³/mol. The summed E-state index contributed by atoms with van der Waals surface area (Å²) in [6.07, 6.45) is 6.70. The van der Waals surface area contributed by atoms with Gasteiger partial charge in [0, 0.05) is 39.1 Å². The molecule has 0 amide bonds. The van der Waals surface area contributed by atoms with Crippen LogP contribution in [0.5, 0.6) is 5.75 Å². The summed E-state index contributed by atoms with van der Waals surface area (Å²) in [5.41, 5.74) is 1.31. The Balaban J connectivity index is 1.57. The fourth-order valence-electron chi connectivity index (χ4n) is 3.57. The summed E-state index contributed by atoms with van der Waals surface area (Å²) in [4.78, 5) is 6.93. The highest BCUT2D eigenvalue weighted by Crippen LogP contribution is 2.26. The van der Waals surface area contributed by atoms with E-state index < -0.39 is 0 Å². The summed E-state index contributed by atoms with van der Waals surface area (Å²) >= 11 is 0. The highest BCUT2D eigenvalue weighted by molar-refractivity contribution is 5.79. The Hall–Kier alpha value is -2.47. The lowest BCUT2D eigenvalue weighted by Gasteiger charge is -2.29. The van der Waals surface area contributed by atoms with Crippen molar-refractivity contribution in [3.05, 3.63) is 54.4 Å². The van der Waals surface area contributed by atoms with Gasteiger partial charge in [-0.1, -0.05) is 12.1 Å². The van der Waals surface area contributed by atoms with Crippen LogP contribution in [-0.4, -0.2) is 55.8 Å². The van der Waals surface area contributed by atoms with E-state index in [9.17, 15) is 0 Å². The van der Waals surface area contributed by atoms with Crippen LogP contribution >= 0.6 is 0 Å². The van der Waals surface area contributed by atoms with E-state index in [4.69, 9.17) is 4.74 Å². The molecule has 1 fully saturated rings. The van der Waals surface area contributed by atoms with E-state index in [2.05, 4.69) is 49.6 Å². The number of likely N-dealkylation sites (tertiary alicyclic amines) is 1. The third-order valence-electron chi connectivity index (χ3n) is 5.10. The van der Waals surface area contributed by atoms with E-state index in [0.29, 0.717) is 6.04 Å². The Labute approximate surface area is 162 Å². The summed E-state index contributed by atoms with van der Waals surface area (Å²) < 4.78 is 7.46. The SMILES string of the molecule is CN=C(NCCn1cccc1)NCC(c1ccc(OC)cc1)N1CCCC1. The predicted octanol–water partition coefficient (Wildman–Crippen LogP) is 2.50. The van der Waals surface area contributed by atoms with Crippen LogP contribution in [0.25, 0.3) is 0 Å². The first-order valence-corrected chi connectivity index (χ1v) is 9.73. The monoisotopic (exact) mass is 369 g/mol. The fraction of sp³-hybridized carbons (Fsp3) is 0.476. The molecular weight excluding hydrogens is 338 g/mol. The van der Waals surface area contributed by atoms with Crippen molar-refractivity contribution in [2.24, 2.45) is 4.99 Å². The van der Waals surface area contributed by atoms with Crippen molar-refractivity contribution in [1.82, 2.24) is 20.1 Å². The van der Waals surface area contributed by atoms with Gasteiger partial charge in [-0.05, 0) is 55.8 Å². The third kappa shape index (κ3) is 5.50. The number of rotatable bonds is 8. The molecule has 0 saturated carbocycles. The molecule has 2 N–H and O–H groups in total. The average molecular weight is 370 g/mol. The van der Waals surface area contributed by atoms with Gasteiger partial charge in [0.1, 0.15) is 5.75 Å². The highest BCUT2D eigenvalue weighted by Gasteiger charge is 2.23. The molecule has 3 rings (SSSR count). The van der Waals surface area contributed by atoms with Gasteiger partial charge >= 0.3 is 0 Å². The fourth-order valence-corrected chi connectivity index (χ4v) is 3.57. The van der Waals surface area contributed by atoms with Gasteiger partial charge in [0.2, 0.25) is 0 Å². The molecule has 2 heterocycles. The third-order valence-corrected chi connectivity index (χ3v) is 5.10. The first kappa shape index (κ1) is 19.3. The van der Waals surface area contributed by atoms with Gasteiger partial charge in [-0.2, -0.15) is 0 Å². The van der Waals surface area contributed by atoms with Crippen molar-refractivity contribution < 1.29 is 4.74 Å². The van der Waals surface area contributed by atoms with Gasteiger partial charge in [0.05, 0.1) is 13.2 Å². The molecule has 0 bridgehead atoms. The van der Waals surface area contributed by atoms with Crippen LogP contribution in [0.15, 0.2) is 53.8 Å². The first-order chi connectivity index (χ1) is 13.3. The quantitative estimate of drug-likeness (QED) is 0.555. The molecule has 1 aliphatic rings. The van der Waals surface area contributed by atoms with E-state index in [-0.39, 0.29) is 0 Å². The molecule has 27 heavy (non-hydrogen) atoms. The Morgan fingerprint density at radius 3 is 2.44 bits per heavy atom. The van der Waals surface area contributed by atoms with Crippen molar-refractivity contribution in [1.29, 1.82) is 0 Å². The first-order valence-electron chi connectivity index (χ1n) is 9.73. The molecule has 1 atom stereocenters. The zero-order chi connectivity index (χ0) is 18.9. The maximum Gasteiger partial charge on any atom is 0.191 e. The number of ether oxygens (including phenoxy) is 1. The molecular formula is C21H31N5O. The Morgan fingerprint density at radius 2 is 1.81 bits per heavy atom. The normalized spacial score (nSPS) is 16.3. The lowest BCUT2D eigenvalue weighted by Crippen LogP contribution is -2.43. The van der Waals surface area contributed by atoms with Gasteiger partial charge in [-0.15, -0.1) is 0 Å². The van der Waals surface area contributed by atoms with Crippen LogP contribution in [0.3, 0.4) is 0 Å². The minimum absolute atomic E-state index is 0.335. The number of aromatic nitrogens is 1. The molecule has 2 aromatic rings. The number of nitrogens with one attached hydrogen (secondary N) is 2. The molecule has 0 radical (unpaired) electrons. The molecule has 0 aliphatic carbocycles. The van der Waals surface area contributed by atoms with Crippen LogP contribution in [0.2, 0.25) is 0 Å². The standard InChI is InChI=1S/C21H31N5O/c1-22-21(23-11-16-25-12-3-4-13-25)24-17-20(26-14-5-6-15-26)18-7-9-19(27-2)10-8-18/h3-4,7-10,12-13,20H,5-6,11,14-17H2,1-2H3,(H2,22,23,24). The minimum Gasteiger partial charge on any atom is -0.497 e. The minimum atomic E-state index is 0.335. The lowest BCUT2D eigenvalue weighted by molar-refractivity contribution is 0.245. The number of benzene rings is 1. The van der Waals surface area contributed by atoms with Gasteiger partial charge in [-0.25, -0.2) is 0 Å². The summed E-state index contributed by atoms with van der Waals surface area (Å²) in [6, 6.07) is 12.9. The number of nitrogens with zero attached hydrogens (tertiary/aromatic N) is 3. The van der Waals surface area contributed by atoms with E-state index >= 15 is 0 Å². The smallest absolute Gasteiger partial charge is 0.191 e. The zero-order valence-electron chi connectivity index (χ0n) is 16.4. The van der Waals surface area contributed by atoms with Crippen molar-refractivity contribution in [3.63, 3.8) is 0 Å². The summed E-state index contributed by atoms with van der Waals surface area (Å²) in [6.45, 7) is 4.89. The van der Waals surface area contributed by atoms with E-state index in [0.717, 1.165) is 44.4 Å². The van der Waals surface area contributed by atoms with Crippen LogP contribution in [0.4, 0.5) is 0 Å². The van der Waals surface area contributed by atoms with Crippen LogP contribution < -0.4 is 15.4 Å². The number of hydrogen-bond donors (Lipinski definition) is 2.